The minimum atomic E-state index is -1.03. The Morgan fingerprint density at radius 1 is 1.12 bits per heavy atom. The number of halogens is 2. The molecular weight excluding hydrogens is 426 g/mol. The Morgan fingerprint density at radius 2 is 1.72 bits per heavy atom. The van der Waals surface area contributed by atoms with Gasteiger partial charge in [-0.05, 0) is 108 Å². The molecule has 25 heavy (non-hydrogen) atoms. The van der Waals surface area contributed by atoms with Gasteiger partial charge in [0, 0.05) is 3.92 Å². The predicted molar refractivity (Wildman–Crippen MR) is 114 cm³/mol. The first-order chi connectivity index (χ1) is 11.6. The molecule has 0 aromatic heterocycles. The van der Waals surface area contributed by atoms with Crippen LogP contribution in [-0.2, 0) is 0 Å². The molecular formula is C22H40FIO. The van der Waals surface area contributed by atoms with Crippen LogP contribution in [0.25, 0.3) is 0 Å². The van der Waals surface area contributed by atoms with Gasteiger partial charge in [0.15, 0.2) is 0 Å². The number of aliphatic hydroxyl groups is 1. The molecule has 2 unspecified atom stereocenters. The third-order valence-corrected chi connectivity index (χ3v) is 7.28. The minimum Gasteiger partial charge on any atom is -0.393 e. The van der Waals surface area contributed by atoms with Crippen molar-refractivity contribution in [2.24, 2.45) is 23.2 Å². The van der Waals surface area contributed by atoms with E-state index in [0.717, 1.165) is 35.0 Å². The molecule has 0 saturated heterocycles. The van der Waals surface area contributed by atoms with Gasteiger partial charge >= 0.3 is 0 Å². The average Bonchev–Trinajstić information content (AvgIpc) is 3.25. The van der Waals surface area contributed by atoms with Crippen LogP contribution in [-0.4, -0.2) is 20.8 Å². The van der Waals surface area contributed by atoms with Gasteiger partial charge in [0.05, 0.1) is 6.10 Å². The van der Waals surface area contributed by atoms with Crippen LogP contribution in [0, 0.1) is 23.2 Å². The Hall–Kier alpha value is 0.620. The van der Waals surface area contributed by atoms with Crippen molar-refractivity contribution >= 4 is 22.6 Å². The number of alkyl halides is 2. The summed E-state index contributed by atoms with van der Waals surface area (Å²) in [6.07, 6.45) is 12.9. The number of aliphatic hydroxyl groups excluding tert-OH is 1. The second-order valence-electron chi connectivity index (χ2n) is 10.1. The topological polar surface area (TPSA) is 20.2 Å². The molecule has 0 amide bonds. The summed E-state index contributed by atoms with van der Waals surface area (Å²) in [5, 5.41) is 9.83. The molecule has 2 aliphatic carbocycles. The molecule has 0 aromatic rings. The first-order valence-corrected chi connectivity index (χ1v) is 11.9. The molecule has 0 aliphatic heterocycles. The Labute approximate surface area is 169 Å². The van der Waals surface area contributed by atoms with E-state index in [9.17, 15) is 9.50 Å². The van der Waals surface area contributed by atoms with Crippen molar-refractivity contribution in [2.45, 2.75) is 114 Å². The zero-order valence-electron chi connectivity index (χ0n) is 16.9. The highest BCUT2D eigenvalue weighted by molar-refractivity contribution is 14.1. The van der Waals surface area contributed by atoms with Gasteiger partial charge in [-0.3, -0.25) is 0 Å². The molecule has 0 radical (unpaired) electrons. The minimum absolute atomic E-state index is 0.0405. The standard InChI is InChI=1S/C22H40FIO/c1-16(9-10-21(3,4)23)13-18(14-17(2)24)15-22(11-12-22)19-5-7-20(25)8-6-19/h16-20,25H,5-15H2,1-4H3/t16?,17?,18-,19?,20?/m0/s1. The van der Waals surface area contributed by atoms with Gasteiger partial charge in [0.25, 0.3) is 0 Å². The maximum Gasteiger partial charge on any atom is 0.105 e. The van der Waals surface area contributed by atoms with E-state index in [1.807, 2.05) is 0 Å². The summed E-state index contributed by atoms with van der Waals surface area (Å²) in [5.74, 6) is 2.26. The molecule has 2 fully saturated rings. The number of hydrogen-bond acceptors (Lipinski definition) is 1. The van der Waals surface area contributed by atoms with Crippen molar-refractivity contribution in [1.82, 2.24) is 0 Å². The Balaban J connectivity index is 1.88. The second kappa shape index (κ2) is 9.21. The summed E-state index contributed by atoms with van der Waals surface area (Å²) < 4.78 is 14.5. The van der Waals surface area contributed by atoms with E-state index in [2.05, 4.69) is 36.4 Å². The van der Waals surface area contributed by atoms with Crippen LogP contribution in [0.1, 0.15) is 98.3 Å². The predicted octanol–water partition coefficient (Wildman–Crippen LogP) is 7.09. The van der Waals surface area contributed by atoms with Gasteiger partial charge in [-0.15, -0.1) is 0 Å². The summed E-state index contributed by atoms with van der Waals surface area (Å²) in [5.41, 5.74) is -0.434. The average molecular weight is 466 g/mol. The van der Waals surface area contributed by atoms with Crippen LogP contribution < -0.4 is 0 Å². The van der Waals surface area contributed by atoms with Gasteiger partial charge in [0.2, 0.25) is 0 Å². The van der Waals surface area contributed by atoms with E-state index in [1.165, 1.54) is 44.9 Å². The monoisotopic (exact) mass is 466 g/mol. The van der Waals surface area contributed by atoms with Crippen LogP contribution in [0.5, 0.6) is 0 Å². The lowest BCUT2D eigenvalue weighted by atomic mass is 9.71. The van der Waals surface area contributed by atoms with Crippen LogP contribution in [0.2, 0.25) is 0 Å². The lowest BCUT2D eigenvalue weighted by Crippen LogP contribution is -2.28. The highest BCUT2D eigenvalue weighted by Crippen LogP contribution is 2.60. The lowest BCUT2D eigenvalue weighted by Gasteiger charge is -2.35. The molecule has 148 valence electrons. The molecule has 2 aliphatic rings. The largest absolute Gasteiger partial charge is 0.393 e. The normalized spacial score (nSPS) is 29.9. The zero-order chi connectivity index (χ0) is 18.7. The van der Waals surface area contributed by atoms with Crippen LogP contribution in [0.15, 0.2) is 0 Å². The van der Waals surface area contributed by atoms with E-state index < -0.39 is 5.67 Å². The second-order valence-corrected chi connectivity index (χ2v) is 12.2. The molecule has 1 nitrogen and oxygen atoms in total. The Kier molecular flexibility index (Phi) is 8.07. The smallest absolute Gasteiger partial charge is 0.105 e. The fourth-order valence-corrected chi connectivity index (χ4v) is 5.92. The van der Waals surface area contributed by atoms with Gasteiger partial charge in [-0.1, -0.05) is 36.4 Å². The molecule has 1 N–H and O–H groups in total. The van der Waals surface area contributed by atoms with Gasteiger partial charge in [-0.2, -0.15) is 0 Å². The molecule has 2 saturated carbocycles. The first kappa shape index (κ1) is 21.9. The van der Waals surface area contributed by atoms with Crippen molar-refractivity contribution in [3.05, 3.63) is 0 Å². The zero-order valence-corrected chi connectivity index (χ0v) is 19.0. The van der Waals surface area contributed by atoms with Gasteiger partial charge in [0.1, 0.15) is 5.67 Å². The number of hydrogen-bond donors (Lipinski definition) is 1. The van der Waals surface area contributed by atoms with Crippen molar-refractivity contribution < 1.29 is 9.50 Å². The first-order valence-electron chi connectivity index (χ1n) is 10.6. The molecule has 0 bridgehead atoms. The van der Waals surface area contributed by atoms with E-state index in [0.29, 0.717) is 17.8 Å². The molecule has 0 aromatic carbocycles. The van der Waals surface area contributed by atoms with E-state index in [1.54, 1.807) is 13.8 Å². The summed E-state index contributed by atoms with van der Waals surface area (Å²) >= 11 is 2.57. The van der Waals surface area contributed by atoms with E-state index >= 15 is 0 Å². The maximum absolute atomic E-state index is 13.8. The van der Waals surface area contributed by atoms with Crippen LogP contribution >= 0.6 is 22.6 Å². The van der Waals surface area contributed by atoms with Gasteiger partial charge < -0.3 is 5.11 Å². The van der Waals surface area contributed by atoms with E-state index in [4.69, 9.17) is 0 Å². The summed E-state index contributed by atoms with van der Waals surface area (Å²) in [6.45, 7) is 8.08. The third kappa shape index (κ3) is 7.63. The molecule has 3 atom stereocenters. The van der Waals surface area contributed by atoms with Crippen LogP contribution in [0.4, 0.5) is 4.39 Å². The van der Waals surface area contributed by atoms with Crippen LogP contribution in [0.3, 0.4) is 0 Å². The van der Waals surface area contributed by atoms with Crippen molar-refractivity contribution in [3.8, 4) is 0 Å². The maximum atomic E-state index is 13.8. The number of rotatable bonds is 10. The molecule has 3 heteroatoms. The van der Waals surface area contributed by atoms with Crippen molar-refractivity contribution in [1.29, 1.82) is 0 Å². The quantitative estimate of drug-likeness (QED) is 0.269. The fourth-order valence-electron chi connectivity index (χ4n) is 5.20. The highest BCUT2D eigenvalue weighted by atomic mass is 127. The summed E-state index contributed by atoms with van der Waals surface area (Å²) in [4.78, 5) is 0. The third-order valence-electron chi connectivity index (χ3n) is 6.78. The van der Waals surface area contributed by atoms with E-state index in [-0.39, 0.29) is 6.10 Å². The fraction of sp³-hybridized carbons (Fsp3) is 1.00. The van der Waals surface area contributed by atoms with Gasteiger partial charge in [-0.25, -0.2) is 4.39 Å². The van der Waals surface area contributed by atoms with Crippen molar-refractivity contribution in [2.75, 3.05) is 0 Å². The highest BCUT2D eigenvalue weighted by Gasteiger charge is 2.50. The van der Waals surface area contributed by atoms with Crippen molar-refractivity contribution in [3.63, 3.8) is 0 Å². The molecule has 2 rings (SSSR count). The summed E-state index contributed by atoms with van der Waals surface area (Å²) in [7, 11) is 0. The lowest BCUT2D eigenvalue weighted by molar-refractivity contribution is 0.0759. The Bertz CT molecular complexity index is 391. The molecule has 0 spiro atoms. The summed E-state index contributed by atoms with van der Waals surface area (Å²) in [6, 6.07) is 0. The molecule has 0 heterocycles. The SMILES string of the molecule is CC(I)C[C@H](CC(C)CCC(C)(C)F)CC1(C2CCC(O)CC2)CC1. The Morgan fingerprint density at radius 3 is 2.20 bits per heavy atom.